The van der Waals surface area contributed by atoms with E-state index < -0.39 is 5.91 Å². The summed E-state index contributed by atoms with van der Waals surface area (Å²) in [5, 5.41) is 8.58. The van der Waals surface area contributed by atoms with Crippen LogP contribution in [0.3, 0.4) is 0 Å². The zero-order chi connectivity index (χ0) is 21.0. The Kier molecular flexibility index (Phi) is 5.96. The number of anilines is 3. The third-order valence-corrected chi connectivity index (χ3v) is 4.44. The quantitative estimate of drug-likeness (QED) is 0.538. The summed E-state index contributed by atoms with van der Waals surface area (Å²) in [6, 6.07) is 6.45. The number of benzene rings is 1. The van der Waals surface area contributed by atoms with Gasteiger partial charge in [-0.05, 0) is 31.9 Å². The molecule has 3 amide bonds. The number of hydrogen-bond acceptors (Lipinski definition) is 6. The molecule has 29 heavy (non-hydrogen) atoms. The summed E-state index contributed by atoms with van der Waals surface area (Å²) in [5.41, 5.74) is 6.74. The number of nitrogens with zero attached hydrogens (tertiary/aromatic N) is 1. The van der Waals surface area contributed by atoms with Crippen LogP contribution in [0.25, 0.3) is 0 Å². The van der Waals surface area contributed by atoms with E-state index in [1.54, 1.807) is 24.3 Å². The van der Waals surface area contributed by atoms with Gasteiger partial charge in [0, 0.05) is 24.7 Å². The Morgan fingerprint density at radius 2 is 1.97 bits per heavy atom. The molecule has 0 spiro atoms. The molecule has 1 saturated carbocycles. The number of primary amides is 1. The highest BCUT2D eigenvalue weighted by molar-refractivity contribution is 6.02. The smallest absolute Gasteiger partial charge is 0.254 e. The van der Waals surface area contributed by atoms with E-state index >= 15 is 0 Å². The summed E-state index contributed by atoms with van der Waals surface area (Å²) in [4.78, 5) is 40.4. The van der Waals surface area contributed by atoms with Crippen LogP contribution in [0.2, 0.25) is 0 Å². The lowest BCUT2D eigenvalue weighted by molar-refractivity contribution is -0.117. The highest BCUT2D eigenvalue weighted by Gasteiger charge is 2.30. The molecule has 0 saturated heterocycles. The molecule has 0 bridgehead atoms. The lowest BCUT2D eigenvalue weighted by atomic mass is 10.1. The third kappa shape index (κ3) is 4.63. The van der Waals surface area contributed by atoms with Gasteiger partial charge in [0.25, 0.3) is 11.8 Å². The van der Waals surface area contributed by atoms with E-state index in [2.05, 4.69) is 20.9 Å². The molecule has 2 aromatic rings. The lowest BCUT2D eigenvalue weighted by Gasteiger charge is -2.17. The van der Waals surface area contributed by atoms with Gasteiger partial charge in [-0.25, -0.2) is 4.98 Å². The van der Waals surface area contributed by atoms with Gasteiger partial charge in [-0.15, -0.1) is 0 Å². The lowest BCUT2D eigenvalue weighted by Crippen LogP contribution is -2.24. The molecule has 1 heterocycles. The molecular weight excluding hydrogens is 374 g/mol. The van der Waals surface area contributed by atoms with Crippen molar-refractivity contribution in [3.05, 3.63) is 41.6 Å². The van der Waals surface area contributed by atoms with Crippen LogP contribution in [0.15, 0.2) is 30.5 Å². The van der Waals surface area contributed by atoms with Crippen LogP contribution in [0.5, 0.6) is 5.75 Å². The number of para-hydroxylation sites is 1. The second-order valence-electron chi connectivity index (χ2n) is 6.61. The van der Waals surface area contributed by atoms with E-state index in [9.17, 15) is 14.4 Å². The number of pyridine rings is 1. The summed E-state index contributed by atoms with van der Waals surface area (Å²) < 4.78 is 5.34. The average molecular weight is 397 g/mol. The maximum Gasteiger partial charge on any atom is 0.254 e. The van der Waals surface area contributed by atoms with Crippen LogP contribution in [0.1, 0.15) is 40.5 Å². The highest BCUT2D eigenvalue weighted by Crippen LogP contribution is 2.34. The molecule has 1 fully saturated rings. The zero-order valence-electron chi connectivity index (χ0n) is 16.2. The van der Waals surface area contributed by atoms with E-state index in [0.29, 0.717) is 23.7 Å². The summed E-state index contributed by atoms with van der Waals surface area (Å²) in [6.07, 6.45) is 3.12. The predicted molar refractivity (Wildman–Crippen MR) is 108 cm³/mol. The number of hydrogen-bond donors (Lipinski definition) is 4. The predicted octanol–water partition coefficient (Wildman–Crippen LogP) is 2.03. The summed E-state index contributed by atoms with van der Waals surface area (Å²) in [7, 11) is 1.42. The number of aromatic nitrogens is 1. The Morgan fingerprint density at radius 1 is 1.21 bits per heavy atom. The Balaban J connectivity index is 1.98. The first kappa shape index (κ1) is 20.1. The van der Waals surface area contributed by atoms with Gasteiger partial charge in [0.2, 0.25) is 5.91 Å². The van der Waals surface area contributed by atoms with Crippen molar-refractivity contribution in [2.24, 2.45) is 11.7 Å². The summed E-state index contributed by atoms with van der Waals surface area (Å²) >= 11 is 0. The van der Waals surface area contributed by atoms with Crippen LogP contribution in [0, 0.1) is 5.92 Å². The third-order valence-electron chi connectivity index (χ3n) is 4.44. The molecule has 1 aromatic heterocycles. The highest BCUT2D eigenvalue weighted by atomic mass is 16.5. The molecular formula is C20H23N5O4. The largest absolute Gasteiger partial charge is 0.494 e. The minimum absolute atomic E-state index is 0.0172. The van der Waals surface area contributed by atoms with Gasteiger partial charge in [-0.2, -0.15) is 0 Å². The van der Waals surface area contributed by atoms with Crippen LogP contribution in [0.4, 0.5) is 17.2 Å². The van der Waals surface area contributed by atoms with Gasteiger partial charge < -0.3 is 26.4 Å². The first-order chi connectivity index (χ1) is 13.9. The fraction of sp³-hybridized carbons (Fsp3) is 0.300. The minimum atomic E-state index is -0.637. The van der Waals surface area contributed by atoms with Crippen LogP contribution in [-0.4, -0.2) is 36.4 Å². The van der Waals surface area contributed by atoms with Crippen molar-refractivity contribution < 1.29 is 19.1 Å². The number of amides is 3. The number of carbonyl (C=O) groups is 3. The number of rotatable bonds is 8. The second kappa shape index (κ2) is 8.59. The van der Waals surface area contributed by atoms with Gasteiger partial charge in [-0.1, -0.05) is 6.07 Å². The van der Waals surface area contributed by atoms with Crippen molar-refractivity contribution in [2.45, 2.75) is 19.8 Å². The Hall–Kier alpha value is -3.62. The Morgan fingerprint density at radius 3 is 2.59 bits per heavy atom. The van der Waals surface area contributed by atoms with Crippen molar-refractivity contribution in [3.63, 3.8) is 0 Å². The SMILES string of the molecule is CCNC(=O)c1cnc(NC(=O)C2CC2)cc1Nc1cccc(C(N)=O)c1OC. The van der Waals surface area contributed by atoms with E-state index in [-0.39, 0.29) is 34.6 Å². The van der Waals surface area contributed by atoms with E-state index in [1.165, 1.54) is 13.3 Å². The maximum atomic E-state index is 12.5. The normalized spacial score (nSPS) is 12.8. The Bertz CT molecular complexity index is 956. The molecule has 0 unspecified atom stereocenters. The van der Waals surface area contributed by atoms with Gasteiger partial charge in [-0.3, -0.25) is 14.4 Å². The first-order valence-corrected chi connectivity index (χ1v) is 9.27. The Labute approximate surface area is 168 Å². The molecule has 152 valence electrons. The summed E-state index contributed by atoms with van der Waals surface area (Å²) in [6.45, 7) is 2.25. The van der Waals surface area contributed by atoms with E-state index in [4.69, 9.17) is 10.5 Å². The maximum absolute atomic E-state index is 12.5. The van der Waals surface area contributed by atoms with E-state index in [0.717, 1.165) is 12.8 Å². The van der Waals surface area contributed by atoms with E-state index in [1.807, 2.05) is 6.92 Å². The number of nitrogens with two attached hydrogens (primary N) is 1. The minimum Gasteiger partial charge on any atom is -0.494 e. The van der Waals surface area contributed by atoms with Crippen molar-refractivity contribution in [3.8, 4) is 5.75 Å². The van der Waals surface area contributed by atoms with Gasteiger partial charge in [0.15, 0.2) is 5.75 Å². The van der Waals surface area contributed by atoms with Crippen molar-refractivity contribution in [2.75, 3.05) is 24.3 Å². The van der Waals surface area contributed by atoms with Gasteiger partial charge in [0.1, 0.15) is 5.82 Å². The van der Waals surface area contributed by atoms with Crippen molar-refractivity contribution in [1.29, 1.82) is 0 Å². The van der Waals surface area contributed by atoms with Gasteiger partial charge >= 0.3 is 0 Å². The number of ether oxygens (including phenoxy) is 1. The average Bonchev–Trinajstić information content (AvgIpc) is 3.53. The number of methoxy groups -OCH3 is 1. The van der Waals surface area contributed by atoms with Crippen LogP contribution in [-0.2, 0) is 4.79 Å². The molecule has 9 nitrogen and oxygen atoms in total. The molecule has 0 atom stereocenters. The van der Waals surface area contributed by atoms with Crippen molar-refractivity contribution >= 4 is 34.9 Å². The van der Waals surface area contributed by atoms with Crippen LogP contribution >= 0.6 is 0 Å². The fourth-order valence-electron chi connectivity index (χ4n) is 2.83. The first-order valence-electron chi connectivity index (χ1n) is 9.27. The summed E-state index contributed by atoms with van der Waals surface area (Å²) in [5.74, 6) is -0.468. The molecule has 3 rings (SSSR count). The number of nitrogens with one attached hydrogen (secondary N) is 3. The van der Waals surface area contributed by atoms with Gasteiger partial charge in [0.05, 0.1) is 29.6 Å². The van der Waals surface area contributed by atoms with Crippen molar-refractivity contribution in [1.82, 2.24) is 10.3 Å². The second-order valence-corrected chi connectivity index (χ2v) is 6.61. The monoisotopic (exact) mass is 397 g/mol. The fourth-order valence-corrected chi connectivity index (χ4v) is 2.83. The molecule has 9 heteroatoms. The van der Waals surface area contributed by atoms with Crippen LogP contribution < -0.4 is 26.4 Å². The number of carbonyl (C=O) groups excluding carboxylic acids is 3. The molecule has 5 N–H and O–H groups in total. The molecule has 1 aromatic carbocycles. The molecule has 0 aliphatic heterocycles. The topological polar surface area (TPSA) is 135 Å². The standard InChI is InChI=1S/C20H23N5O4/c1-3-22-20(28)13-10-23-16(25-19(27)11-7-8-11)9-15(13)24-14-6-4-5-12(18(21)26)17(14)29-2/h4-6,9-11H,3,7-8H2,1-2H3,(H2,21,26)(H,22,28)(H2,23,24,25,27). The zero-order valence-corrected chi connectivity index (χ0v) is 16.2. The molecule has 1 aliphatic carbocycles. The molecule has 1 aliphatic rings. The molecule has 0 radical (unpaired) electrons.